The van der Waals surface area contributed by atoms with Gasteiger partial charge in [-0.25, -0.2) is 0 Å². The molecule has 0 amide bonds. The Hall–Kier alpha value is -1.52. The van der Waals surface area contributed by atoms with Crippen molar-refractivity contribution in [1.29, 1.82) is 0 Å². The summed E-state index contributed by atoms with van der Waals surface area (Å²) in [6, 6.07) is 6.44. The Morgan fingerprint density at radius 2 is 2.00 bits per heavy atom. The summed E-state index contributed by atoms with van der Waals surface area (Å²) in [7, 11) is 0. The Labute approximate surface area is 140 Å². The molecular formula is C19H31N3O. The zero-order valence-electron chi connectivity index (χ0n) is 14.6. The second-order valence-electron chi connectivity index (χ2n) is 6.08. The van der Waals surface area contributed by atoms with Gasteiger partial charge in [0.1, 0.15) is 5.75 Å². The highest BCUT2D eigenvalue weighted by atomic mass is 16.3. The number of nitrogens with zero attached hydrogens (tertiary/aromatic N) is 2. The van der Waals surface area contributed by atoms with Gasteiger partial charge in [-0.3, -0.25) is 4.90 Å². The summed E-state index contributed by atoms with van der Waals surface area (Å²) in [6.07, 6.45) is 3.93. The van der Waals surface area contributed by atoms with E-state index in [0.717, 1.165) is 63.4 Å². The van der Waals surface area contributed by atoms with Crippen molar-refractivity contribution in [2.75, 3.05) is 44.2 Å². The van der Waals surface area contributed by atoms with Crippen LogP contribution in [0.3, 0.4) is 0 Å². The molecule has 0 aromatic heterocycles. The predicted molar refractivity (Wildman–Crippen MR) is 98.3 cm³/mol. The first kappa shape index (κ1) is 17.8. The topological polar surface area (TPSA) is 38.7 Å². The Balaban J connectivity index is 2.24. The number of aromatic hydroxyl groups is 1. The number of benzene rings is 1. The molecule has 0 radical (unpaired) electrons. The Kier molecular flexibility index (Phi) is 6.93. The molecule has 4 nitrogen and oxygen atoms in total. The maximum Gasteiger partial charge on any atom is 0.122 e. The molecule has 1 aliphatic rings. The van der Waals surface area contributed by atoms with Gasteiger partial charge in [0.15, 0.2) is 0 Å². The van der Waals surface area contributed by atoms with Crippen LogP contribution in [0.2, 0.25) is 0 Å². The molecule has 1 saturated heterocycles. The third kappa shape index (κ3) is 4.49. The minimum atomic E-state index is 0.265. The first-order valence-corrected chi connectivity index (χ1v) is 8.84. The molecule has 1 aromatic carbocycles. The van der Waals surface area contributed by atoms with Gasteiger partial charge in [-0.2, -0.15) is 0 Å². The van der Waals surface area contributed by atoms with Crippen LogP contribution in [0.4, 0.5) is 5.69 Å². The van der Waals surface area contributed by atoms with Gasteiger partial charge in [-0.1, -0.05) is 12.1 Å². The molecule has 0 spiro atoms. The minimum Gasteiger partial charge on any atom is -0.508 e. The monoisotopic (exact) mass is 317 g/mol. The van der Waals surface area contributed by atoms with Crippen molar-refractivity contribution < 1.29 is 5.11 Å². The lowest BCUT2D eigenvalue weighted by Crippen LogP contribution is -2.45. The summed E-state index contributed by atoms with van der Waals surface area (Å²) in [5.74, 6) is 0.419. The molecule has 1 atom stereocenters. The van der Waals surface area contributed by atoms with Crippen LogP contribution in [-0.2, 0) is 0 Å². The Morgan fingerprint density at radius 3 is 2.57 bits per heavy atom. The van der Waals surface area contributed by atoms with Gasteiger partial charge in [0.2, 0.25) is 0 Å². The van der Waals surface area contributed by atoms with E-state index in [9.17, 15) is 5.11 Å². The van der Waals surface area contributed by atoms with Crippen LogP contribution in [0.1, 0.15) is 38.3 Å². The van der Waals surface area contributed by atoms with E-state index in [1.807, 2.05) is 12.1 Å². The van der Waals surface area contributed by atoms with Crippen molar-refractivity contribution in [1.82, 2.24) is 10.2 Å². The van der Waals surface area contributed by atoms with Crippen molar-refractivity contribution in [2.45, 2.75) is 32.7 Å². The highest BCUT2D eigenvalue weighted by molar-refractivity contribution is 5.54. The molecule has 1 heterocycles. The largest absolute Gasteiger partial charge is 0.508 e. The summed E-state index contributed by atoms with van der Waals surface area (Å²) in [5, 5.41) is 14.0. The van der Waals surface area contributed by atoms with Crippen molar-refractivity contribution in [3.63, 3.8) is 0 Å². The first-order chi connectivity index (χ1) is 11.2. The molecule has 4 heteroatoms. The van der Waals surface area contributed by atoms with E-state index in [2.05, 4.69) is 47.7 Å². The predicted octanol–water partition coefficient (Wildman–Crippen LogP) is 3.15. The van der Waals surface area contributed by atoms with Gasteiger partial charge in [0.05, 0.1) is 0 Å². The molecule has 0 saturated carbocycles. The number of phenols is 1. The van der Waals surface area contributed by atoms with Gasteiger partial charge in [-0.15, -0.1) is 6.58 Å². The summed E-state index contributed by atoms with van der Waals surface area (Å²) in [4.78, 5) is 4.74. The number of piperazine rings is 1. The molecule has 1 fully saturated rings. The van der Waals surface area contributed by atoms with E-state index >= 15 is 0 Å². The molecule has 128 valence electrons. The fourth-order valence-corrected chi connectivity index (χ4v) is 3.40. The molecule has 1 aromatic rings. The molecule has 0 unspecified atom stereocenters. The Morgan fingerprint density at radius 1 is 1.30 bits per heavy atom. The van der Waals surface area contributed by atoms with Crippen LogP contribution in [0, 0.1) is 0 Å². The third-order valence-corrected chi connectivity index (χ3v) is 4.74. The van der Waals surface area contributed by atoms with Crippen molar-refractivity contribution in [3.8, 4) is 5.75 Å². The van der Waals surface area contributed by atoms with Crippen molar-refractivity contribution in [2.24, 2.45) is 0 Å². The number of nitrogens with one attached hydrogen (secondary N) is 1. The summed E-state index contributed by atoms with van der Waals surface area (Å²) in [6.45, 7) is 14.1. The van der Waals surface area contributed by atoms with Crippen molar-refractivity contribution in [3.05, 3.63) is 36.4 Å². The molecule has 0 aliphatic carbocycles. The fraction of sp³-hybridized carbons (Fsp3) is 0.579. The third-order valence-electron chi connectivity index (χ3n) is 4.74. The van der Waals surface area contributed by atoms with E-state index in [4.69, 9.17) is 0 Å². The van der Waals surface area contributed by atoms with E-state index in [0.29, 0.717) is 5.75 Å². The van der Waals surface area contributed by atoms with Crippen LogP contribution in [0.25, 0.3) is 0 Å². The minimum absolute atomic E-state index is 0.265. The van der Waals surface area contributed by atoms with Crippen LogP contribution in [-0.4, -0.2) is 49.3 Å². The molecule has 2 rings (SSSR count). The van der Waals surface area contributed by atoms with E-state index < -0.39 is 0 Å². The lowest BCUT2D eigenvalue weighted by molar-refractivity contribution is 0.163. The van der Waals surface area contributed by atoms with E-state index in [1.54, 1.807) is 0 Å². The SMILES string of the molecule is C=CCC[C@H](c1ccc(N(CC)CC)cc1O)N1CCNCC1. The highest BCUT2D eigenvalue weighted by Crippen LogP contribution is 2.35. The maximum atomic E-state index is 10.6. The summed E-state index contributed by atoms with van der Waals surface area (Å²) < 4.78 is 0. The van der Waals surface area contributed by atoms with Crippen LogP contribution < -0.4 is 10.2 Å². The second-order valence-corrected chi connectivity index (χ2v) is 6.08. The lowest BCUT2D eigenvalue weighted by atomic mass is 9.98. The molecule has 2 N–H and O–H groups in total. The molecule has 23 heavy (non-hydrogen) atoms. The number of hydrogen-bond donors (Lipinski definition) is 2. The average molecular weight is 317 g/mol. The molecule has 1 aliphatic heterocycles. The van der Waals surface area contributed by atoms with E-state index in [1.165, 1.54) is 0 Å². The second kappa shape index (κ2) is 8.94. The van der Waals surface area contributed by atoms with Gasteiger partial charge >= 0.3 is 0 Å². The normalized spacial score (nSPS) is 17.0. The van der Waals surface area contributed by atoms with Gasteiger partial charge in [0, 0.05) is 62.6 Å². The lowest BCUT2D eigenvalue weighted by Gasteiger charge is -2.35. The summed E-state index contributed by atoms with van der Waals surface area (Å²) in [5.41, 5.74) is 2.14. The highest BCUT2D eigenvalue weighted by Gasteiger charge is 2.24. The van der Waals surface area contributed by atoms with Gasteiger partial charge in [-0.05, 0) is 32.8 Å². The first-order valence-electron chi connectivity index (χ1n) is 8.84. The van der Waals surface area contributed by atoms with E-state index in [-0.39, 0.29) is 6.04 Å². The zero-order chi connectivity index (χ0) is 16.7. The Bertz CT molecular complexity index is 493. The van der Waals surface area contributed by atoms with Gasteiger partial charge in [0.25, 0.3) is 0 Å². The number of phenolic OH excluding ortho intramolecular Hbond substituents is 1. The zero-order valence-corrected chi connectivity index (χ0v) is 14.6. The van der Waals surface area contributed by atoms with Gasteiger partial charge < -0.3 is 15.3 Å². The van der Waals surface area contributed by atoms with Crippen LogP contribution in [0.5, 0.6) is 5.75 Å². The van der Waals surface area contributed by atoms with Crippen LogP contribution >= 0.6 is 0 Å². The quantitative estimate of drug-likeness (QED) is 0.723. The number of hydrogen-bond acceptors (Lipinski definition) is 4. The van der Waals surface area contributed by atoms with Crippen molar-refractivity contribution >= 4 is 5.69 Å². The summed E-state index contributed by atoms with van der Waals surface area (Å²) >= 11 is 0. The standard InChI is InChI=1S/C19H31N3O/c1-4-7-8-18(22-13-11-20-12-14-22)17-10-9-16(15-19(17)23)21(5-2)6-3/h4,9-10,15,18,20,23H,1,5-8,11-14H2,2-3H3/t18-/m1/s1. The number of rotatable bonds is 8. The number of anilines is 1. The molecular weight excluding hydrogens is 286 g/mol. The fourth-order valence-electron chi connectivity index (χ4n) is 3.40. The smallest absolute Gasteiger partial charge is 0.122 e. The number of allylic oxidation sites excluding steroid dienone is 1. The molecule has 0 bridgehead atoms. The van der Waals surface area contributed by atoms with Crippen LogP contribution in [0.15, 0.2) is 30.9 Å². The average Bonchev–Trinajstić information content (AvgIpc) is 2.59. The maximum absolute atomic E-state index is 10.6.